The number of hydrogen-bond acceptors (Lipinski definition) is 4. The number of nitrogens with one attached hydrogen (secondary N) is 2. The van der Waals surface area contributed by atoms with Crippen LogP contribution in [-0.4, -0.2) is 37.8 Å². The van der Waals surface area contributed by atoms with Gasteiger partial charge < -0.3 is 15.4 Å². The van der Waals surface area contributed by atoms with Gasteiger partial charge in [0.25, 0.3) is 5.91 Å². The third-order valence-corrected chi connectivity index (χ3v) is 4.24. The molecule has 1 aromatic carbocycles. The molecule has 0 unspecified atom stereocenters. The van der Waals surface area contributed by atoms with Gasteiger partial charge in [0.15, 0.2) is 0 Å². The van der Waals surface area contributed by atoms with Crippen molar-refractivity contribution in [3.05, 3.63) is 23.8 Å². The molecule has 6 heteroatoms. The van der Waals surface area contributed by atoms with E-state index >= 15 is 0 Å². The Hall–Kier alpha value is -1.53. The molecule has 0 atom stereocenters. The number of thioether (sulfide) groups is 1. The van der Waals surface area contributed by atoms with Crippen molar-refractivity contribution in [2.75, 3.05) is 31.3 Å². The second kappa shape index (κ2) is 8.05. The first-order chi connectivity index (χ1) is 10.2. The predicted octanol–water partition coefficient (Wildman–Crippen LogP) is 2.28. The number of carbonyl (C=O) groups excluding carboxylic acids is 2. The summed E-state index contributed by atoms with van der Waals surface area (Å²) < 4.78 is 4.96. The van der Waals surface area contributed by atoms with Crippen LogP contribution in [-0.2, 0) is 9.53 Å². The molecule has 5 nitrogen and oxygen atoms in total. The summed E-state index contributed by atoms with van der Waals surface area (Å²) in [6.07, 6.45) is 2.31. The van der Waals surface area contributed by atoms with Gasteiger partial charge in [0.1, 0.15) is 0 Å². The van der Waals surface area contributed by atoms with Gasteiger partial charge in [-0.25, -0.2) is 0 Å². The van der Waals surface area contributed by atoms with Gasteiger partial charge in [-0.1, -0.05) is 0 Å². The predicted molar refractivity (Wildman–Crippen MR) is 83.9 cm³/mol. The Morgan fingerprint density at radius 1 is 1.43 bits per heavy atom. The number of anilines is 1. The third-order valence-electron chi connectivity index (χ3n) is 3.16. The van der Waals surface area contributed by atoms with Gasteiger partial charge in [0.05, 0.1) is 5.69 Å². The molecule has 0 aromatic heterocycles. The van der Waals surface area contributed by atoms with Gasteiger partial charge in [-0.15, -0.1) is 11.8 Å². The quantitative estimate of drug-likeness (QED) is 0.791. The number of amides is 2. The molecule has 1 aromatic rings. The van der Waals surface area contributed by atoms with Gasteiger partial charge in [-0.2, -0.15) is 0 Å². The number of rotatable bonds is 6. The number of methoxy groups -OCH3 is 1. The van der Waals surface area contributed by atoms with E-state index in [1.165, 1.54) is 0 Å². The van der Waals surface area contributed by atoms with Crippen LogP contribution in [0.4, 0.5) is 5.69 Å². The van der Waals surface area contributed by atoms with Gasteiger partial charge in [0, 0.05) is 42.9 Å². The maximum atomic E-state index is 12.1. The van der Waals surface area contributed by atoms with E-state index in [9.17, 15) is 9.59 Å². The molecule has 0 aliphatic carbocycles. The molecule has 1 aliphatic heterocycles. The highest BCUT2D eigenvalue weighted by atomic mass is 32.2. The van der Waals surface area contributed by atoms with Gasteiger partial charge in [0.2, 0.25) is 5.91 Å². The molecular formula is C15H20N2O3S. The lowest BCUT2D eigenvalue weighted by molar-refractivity contribution is -0.115. The van der Waals surface area contributed by atoms with Crippen LogP contribution in [0, 0.1) is 0 Å². The topological polar surface area (TPSA) is 67.4 Å². The first-order valence-corrected chi connectivity index (χ1v) is 8.03. The molecule has 0 bridgehead atoms. The van der Waals surface area contributed by atoms with Crippen LogP contribution in [0.25, 0.3) is 0 Å². The van der Waals surface area contributed by atoms with Crippen molar-refractivity contribution >= 4 is 29.3 Å². The van der Waals surface area contributed by atoms with Crippen LogP contribution in [0.2, 0.25) is 0 Å². The zero-order chi connectivity index (χ0) is 15.1. The van der Waals surface area contributed by atoms with Crippen molar-refractivity contribution in [3.8, 4) is 0 Å². The molecule has 0 saturated heterocycles. The van der Waals surface area contributed by atoms with E-state index in [4.69, 9.17) is 4.74 Å². The van der Waals surface area contributed by atoms with Crippen LogP contribution in [0.15, 0.2) is 23.1 Å². The van der Waals surface area contributed by atoms with E-state index < -0.39 is 0 Å². The van der Waals surface area contributed by atoms with Crippen LogP contribution in [0.5, 0.6) is 0 Å². The summed E-state index contributed by atoms with van der Waals surface area (Å²) in [5, 5.41) is 5.72. The van der Waals surface area contributed by atoms with Gasteiger partial charge >= 0.3 is 0 Å². The molecule has 0 spiro atoms. The fourth-order valence-electron chi connectivity index (χ4n) is 2.04. The molecule has 2 amide bonds. The lowest BCUT2D eigenvalue weighted by atomic mass is 10.1. The minimum absolute atomic E-state index is 0.00151. The van der Waals surface area contributed by atoms with Crippen LogP contribution < -0.4 is 10.6 Å². The van der Waals surface area contributed by atoms with Crippen LogP contribution >= 0.6 is 11.8 Å². The smallest absolute Gasteiger partial charge is 0.251 e. The third kappa shape index (κ3) is 4.75. The molecule has 0 radical (unpaired) electrons. The van der Waals surface area contributed by atoms with Crippen molar-refractivity contribution in [1.82, 2.24) is 5.32 Å². The minimum atomic E-state index is -0.112. The van der Waals surface area contributed by atoms with Crippen molar-refractivity contribution in [2.24, 2.45) is 0 Å². The first kappa shape index (κ1) is 15.9. The second-order valence-corrected chi connectivity index (χ2v) is 5.95. The number of unbranched alkanes of at least 4 members (excludes halogenated alkanes) is 1. The van der Waals surface area contributed by atoms with Crippen molar-refractivity contribution in [3.63, 3.8) is 0 Å². The second-order valence-electron chi connectivity index (χ2n) is 4.81. The SMILES string of the molecule is COCCCCNC(=O)c1ccc2c(c1)NC(=O)CCS2. The summed E-state index contributed by atoms with van der Waals surface area (Å²) in [6, 6.07) is 5.44. The Morgan fingerprint density at radius 3 is 3.10 bits per heavy atom. The number of carbonyl (C=O) groups is 2. The van der Waals surface area contributed by atoms with Crippen molar-refractivity contribution in [1.29, 1.82) is 0 Å². The van der Waals surface area contributed by atoms with E-state index in [0.717, 1.165) is 29.2 Å². The summed E-state index contributed by atoms with van der Waals surface area (Å²) >= 11 is 1.63. The van der Waals surface area contributed by atoms with E-state index in [1.807, 2.05) is 6.07 Å². The Kier molecular flexibility index (Phi) is 6.07. The van der Waals surface area contributed by atoms with Crippen LogP contribution in [0.3, 0.4) is 0 Å². The molecule has 0 saturated carbocycles. The molecule has 21 heavy (non-hydrogen) atoms. The Balaban J connectivity index is 1.94. The zero-order valence-electron chi connectivity index (χ0n) is 12.1. The first-order valence-electron chi connectivity index (χ1n) is 7.04. The van der Waals surface area contributed by atoms with Crippen LogP contribution in [0.1, 0.15) is 29.6 Å². The Bertz CT molecular complexity index is 520. The number of hydrogen-bond donors (Lipinski definition) is 2. The maximum absolute atomic E-state index is 12.1. The summed E-state index contributed by atoms with van der Waals surface area (Å²) in [4.78, 5) is 24.6. The standard InChI is InChI=1S/C15H20N2O3S/c1-20-8-3-2-7-16-15(19)11-4-5-13-12(10-11)17-14(18)6-9-21-13/h4-5,10H,2-3,6-9H2,1H3,(H,16,19)(H,17,18). The largest absolute Gasteiger partial charge is 0.385 e. The monoisotopic (exact) mass is 308 g/mol. The Labute approximate surface area is 128 Å². The molecule has 2 rings (SSSR count). The van der Waals surface area contributed by atoms with E-state index in [2.05, 4.69) is 10.6 Å². The summed E-state index contributed by atoms with van der Waals surface area (Å²) in [5.74, 6) is 0.654. The number of fused-ring (bicyclic) bond motifs is 1. The van der Waals surface area contributed by atoms with Crippen molar-refractivity contribution < 1.29 is 14.3 Å². The van der Waals surface area contributed by atoms with Gasteiger partial charge in [-0.3, -0.25) is 9.59 Å². The van der Waals surface area contributed by atoms with E-state index in [-0.39, 0.29) is 11.8 Å². The molecule has 1 aliphatic rings. The number of ether oxygens (including phenoxy) is 1. The molecule has 2 N–H and O–H groups in total. The summed E-state index contributed by atoms with van der Waals surface area (Å²) in [5.41, 5.74) is 1.30. The van der Waals surface area contributed by atoms with E-state index in [1.54, 1.807) is 31.0 Å². The summed E-state index contributed by atoms with van der Waals surface area (Å²) in [6.45, 7) is 1.33. The normalized spacial score (nSPS) is 14.0. The Morgan fingerprint density at radius 2 is 2.29 bits per heavy atom. The maximum Gasteiger partial charge on any atom is 0.251 e. The minimum Gasteiger partial charge on any atom is -0.385 e. The highest BCUT2D eigenvalue weighted by Gasteiger charge is 2.15. The summed E-state index contributed by atoms with van der Waals surface area (Å²) in [7, 11) is 1.67. The highest BCUT2D eigenvalue weighted by Crippen LogP contribution is 2.31. The van der Waals surface area contributed by atoms with E-state index in [0.29, 0.717) is 25.1 Å². The molecule has 1 heterocycles. The molecule has 114 valence electrons. The highest BCUT2D eigenvalue weighted by molar-refractivity contribution is 7.99. The zero-order valence-corrected chi connectivity index (χ0v) is 12.9. The average Bonchev–Trinajstić information content (AvgIpc) is 2.66. The van der Waals surface area contributed by atoms with Crippen molar-refractivity contribution in [2.45, 2.75) is 24.2 Å². The molecular weight excluding hydrogens is 288 g/mol. The molecule has 0 fully saturated rings. The fraction of sp³-hybridized carbons (Fsp3) is 0.467. The fourth-order valence-corrected chi connectivity index (χ4v) is 2.97. The lowest BCUT2D eigenvalue weighted by Crippen LogP contribution is -2.24. The average molecular weight is 308 g/mol. The number of benzene rings is 1. The lowest BCUT2D eigenvalue weighted by Gasteiger charge is -2.09. The van der Waals surface area contributed by atoms with Gasteiger partial charge in [-0.05, 0) is 31.0 Å².